The molecule has 0 aromatic heterocycles. The number of hydrogen-bond donors (Lipinski definition) is 2. The number of amides is 2. The fourth-order valence-corrected chi connectivity index (χ4v) is 2.94. The zero-order valence-electron chi connectivity index (χ0n) is 18.0. The number of hydrogen-bond acceptors (Lipinski definition) is 4. The van der Waals surface area contributed by atoms with Gasteiger partial charge in [-0.05, 0) is 38.0 Å². The van der Waals surface area contributed by atoms with E-state index in [1.54, 1.807) is 11.8 Å². The Hall–Kier alpha value is -2.28. The predicted octanol–water partition coefficient (Wildman–Crippen LogP) is 3.71. The molecule has 0 fully saturated rings. The highest BCUT2D eigenvalue weighted by molar-refractivity contribution is 5.74. The van der Waals surface area contributed by atoms with Gasteiger partial charge in [-0.2, -0.15) is 0 Å². The number of carboxylic acids is 1. The Labute approximate surface area is 174 Å². The summed E-state index contributed by atoms with van der Waals surface area (Å²) in [6.07, 6.45) is 3.92. The Balaban J connectivity index is 2.50. The van der Waals surface area contributed by atoms with Gasteiger partial charge in [0.25, 0.3) is 0 Å². The van der Waals surface area contributed by atoms with Crippen LogP contribution in [0.15, 0.2) is 24.3 Å². The van der Waals surface area contributed by atoms with E-state index in [1.165, 1.54) is 6.42 Å². The molecular weight excluding hydrogens is 372 g/mol. The molecule has 2 amide bonds. The summed E-state index contributed by atoms with van der Waals surface area (Å²) in [5.41, 5.74) is 0.873. The molecule has 0 saturated carbocycles. The number of aliphatic carboxylic acids is 1. The van der Waals surface area contributed by atoms with E-state index in [-0.39, 0.29) is 6.03 Å². The third-order valence-corrected chi connectivity index (χ3v) is 4.51. The topological polar surface area (TPSA) is 88.1 Å². The molecule has 1 unspecified atom stereocenters. The first-order valence-electron chi connectivity index (χ1n) is 10.6. The summed E-state index contributed by atoms with van der Waals surface area (Å²) in [7, 11) is 0. The molecule has 7 nitrogen and oxygen atoms in total. The van der Waals surface area contributed by atoms with Crippen LogP contribution in [0.4, 0.5) is 4.79 Å². The van der Waals surface area contributed by atoms with Gasteiger partial charge in [0.2, 0.25) is 0 Å². The van der Waals surface area contributed by atoms with E-state index in [1.807, 2.05) is 31.2 Å². The van der Waals surface area contributed by atoms with Crippen molar-refractivity contribution in [2.24, 2.45) is 0 Å². The first-order valence-corrected chi connectivity index (χ1v) is 10.6. The number of carboxylic acid groups (broad SMARTS) is 1. The minimum atomic E-state index is -0.962. The van der Waals surface area contributed by atoms with Crippen LogP contribution < -0.4 is 10.1 Å². The fourth-order valence-electron chi connectivity index (χ4n) is 2.94. The van der Waals surface area contributed by atoms with Crippen molar-refractivity contribution >= 4 is 12.0 Å². The molecule has 0 aliphatic rings. The van der Waals surface area contributed by atoms with E-state index in [0.717, 1.165) is 31.4 Å². The molecular formula is C22H36N2O5. The number of carbonyl (C=O) groups excluding carboxylic acids is 1. The smallest absolute Gasteiger partial charge is 0.333 e. The monoisotopic (exact) mass is 408 g/mol. The highest BCUT2D eigenvalue weighted by Gasteiger charge is 2.18. The fraction of sp³-hybridized carbons (Fsp3) is 0.636. The first-order chi connectivity index (χ1) is 14.0. The Morgan fingerprint density at radius 2 is 1.79 bits per heavy atom. The zero-order valence-corrected chi connectivity index (χ0v) is 18.0. The molecule has 1 aromatic carbocycles. The minimum Gasteiger partial charge on any atom is -0.492 e. The molecule has 29 heavy (non-hydrogen) atoms. The summed E-state index contributed by atoms with van der Waals surface area (Å²) in [6, 6.07) is 7.27. The highest BCUT2D eigenvalue weighted by atomic mass is 16.5. The third kappa shape index (κ3) is 10.2. The van der Waals surface area contributed by atoms with E-state index in [0.29, 0.717) is 38.5 Å². The maximum atomic E-state index is 12.2. The van der Waals surface area contributed by atoms with Crippen molar-refractivity contribution in [2.75, 3.05) is 32.8 Å². The van der Waals surface area contributed by atoms with Gasteiger partial charge in [-0.3, -0.25) is 0 Å². The van der Waals surface area contributed by atoms with E-state index < -0.39 is 12.1 Å². The molecule has 0 saturated heterocycles. The number of benzene rings is 1. The molecule has 0 aliphatic carbocycles. The van der Waals surface area contributed by atoms with Crippen LogP contribution in [-0.2, 0) is 16.0 Å². The van der Waals surface area contributed by atoms with Crippen molar-refractivity contribution in [1.82, 2.24) is 10.2 Å². The maximum Gasteiger partial charge on any atom is 0.333 e. The molecule has 0 spiro atoms. The van der Waals surface area contributed by atoms with Gasteiger partial charge >= 0.3 is 12.0 Å². The van der Waals surface area contributed by atoms with Crippen LogP contribution >= 0.6 is 0 Å². The molecule has 7 heteroatoms. The Bertz CT molecular complexity index is 591. The van der Waals surface area contributed by atoms with Crippen molar-refractivity contribution in [1.29, 1.82) is 0 Å². The predicted molar refractivity (Wildman–Crippen MR) is 113 cm³/mol. The quantitative estimate of drug-likeness (QED) is 0.432. The molecule has 0 heterocycles. The van der Waals surface area contributed by atoms with Crippen LogP contribution in [0, 0.1) is 0 Å². The van der Waals surface area contributed by atoms with Crippen molar-refractivity contribution in [3.8, 4) is 5.75 Å². The SMILES string of the molecule is CCCCCCN(CCOc1ccc(CC(OCC)C(=O)O)cc1)C(=O)NCC. The molecule has 1 aromatic rings. The summed E-state index contributed by atoms with van der Waals surface area (Å²) in [4.78, 5) is 25.2. The average molecular weight is 409 g/mol. The van der Waals surface area contributed by atoms with E-state index >= 15 is 0 Å². The summed E-state index contributed by atoms with van der Waals surface area (Å²) >= 11 is 0. The van der Waals surface area contributed by atoms with Gasteiger partial charge in [-0.15, -0.1) is 0 Å². The molecule has 164 valence electrons. The van der Waals surface area contributed by atoms with Crippen molar-refractivity contribution in [3.05, 3.63) is 29.8 Å². The number of nitrogens with one attached hydrogen (secondary N) is 1. The lowest BCUT2D eigenvalue weighted by Gasteiger charge is -2.23. The number of carbonyl (C=O) groups is 2. The summed E-state index contributed by atoms with van der Waals surface area (Å²) in [5.74, 6) is -0.268. The minimum absolute atomic E-state index is 0.0569. The number of rotatable bonds is 15. The van der Waals surface area contributed by atoms with Gasteiger partial charge in [0.05, 0.1) is 6.54 Å². The summed E-state index contributed by atoms with van der Waals surface area (Å²) < 4.78 is 11.0. The van der Waals surface area contributed by atoms with Gasteiger partial charge in [0.1, 0.15) is 12.4 Å². The van der Waals surface area contributed by atoms with E-state index in [4.69, 9.17) is 9.47 Å². The van der Waals surface area contributed by atoms with Crippen LogP contribution in [0.25, 0.3) is 0 Å². The molecule has 2 N–H and O–H groups in total. The number of nitrogens with zero attached hydrogens (tertiary/aromatic N) is 1. The maximum absolute atomic E-state index is 12.2. The Kier molecular flexibility index (Phi) is 12.5. The summed E-state index contributed by atoms with van der Waals surface area (Å²) in [6.45, 7) is 8.46. The van der Waals surface area contributed by atoms with Gasteiger partial charge in [-0.1, -0.05) is 38.3 Å². The third-order valence-electron chi connectivity index (χ3n) is 4.51. The normalized spacial score (nSPS) is 11.7. The summed E-state index contributed by atoms with van der Waals surface area (Å²) in [5, 5.41) is 12.0. The van der Waals surface area contributed by atoms with E-state index in [9.17, 15) is 14.7 Å². The van der Waals surface area contributed by atoms with E-state index in [2.05, 4.69) is 12.2 Å². The van der Waals surface area contributed by atoms with Gasteiger partial charge in [0.15, 0.2) is 6.10 Å². The number of ether oxygens (including phenoxy) is 2. The number of urea groups is 1. The lowest BCUT2D eigenvalue weighted by Crippen LogP contribution is -2.42. The number of unbranched alkanes of at least 4 members (excludes halogenated alkanes) is 3. The van der Waals surface area contributed by atoms with Crippen LogP contribution in [0.2, 0.25) is 0 Å². The van der Waals surface area contributed by atoms with Gasteiger partial charge < -0.3 is 24.8 Å². The molecule has 1 atom stereocenters. The Morgan fingerprint density at radius 1 is 1.07 bits per heavy atom. The zero-order chi connectivity index (χ0) is 21.5. The Morgan fingerprint density at radius 3 is 2.38 bits per heavy atom. The largest absolute Gasteiger partial charge is 0.492 e. The van der Waals surface area contributed by atoms with Gasteiger partial charge in [0, 0.05) is 26.1 Å². The lowest BCUT2D eigenvalue weighted by molar-refractivity contribution is -0.149. The van der Waals surface area contributed by atoms with Crippen LogP contribution in [0.1, 0.15) is 52.0 Å². The highest BCUT2D eigenvalue weighted by Crippen LogP contribution is 2.15. The molecule has 0 bridgehead atoms. The second kappa shape index (κ2) is 14.7. The van der Waals surface area contributed by atoms with Crippen molar-refractivity contribution in [3.63, 3.8) is 0 Å². The first kappa shape index (κ1) is 24.8. The van der Waals surface area contributed by atoms with Crippen LogP contribution in [0.3, 0.4) is 0 Å². The van der Waals surface area contributed by atoms with Gasteiger partial charge in [-0.25, -0.2) is 9.59 Å². The molecule has 0 radical (unpaired) electrons. The van der Waals surface area contributed by atoms with Crippen LogP contribution in [0.5, 0.6) is 5.75 Å². The van der Waals surface area contributed by atoms with Crippen LogP contribution in [-0.4, -0.2) is 61.0 Å². The standard InChI is InChI=1S/C22H36N2O5/c1-4-7-8-9-14-24(22(27)23-5-2)15-16-29-19-12-10-18(11-13-19)17-20(21(25)26)28-6-3/h10-13,20H,4-9,14-17H2,1-3H3,(H,23,27)(H,25,26). The average Bonchev–Trinajstić information content (AvgIpc) is 2.70. The molecule has 1 rings (SSSR count). The molecule has 0 aliphatic heterocycles. The van der Waals surface area contributed by atoms with Crippen molar-refractivity contribution in [2.45, 2.75) is 59.0 Å². The second-order valence-electron chi connectivity index (χ2n) is 6.86. The lowest BCUT2D eigenvalue weighted by atomic mass is 10.1. The second-order valence-corrected chi connectivity index (χ2v) is 6.86. The van der Waals surface area contributed by atoms with Crippen molar-refractivity contribution < 1.29 is 24.2 Å².